The Morgan fingerprint density at radius 3 is 2.84 bits per heavy atom. The van der Waals surface area contributed by atoms with E-state index in [0.717, 1.165) is 6.42 Å². The van der Waals surface area contributed by atoms with Crippen LogP contribution in [0, 0.1) is 0 Å². The molecule has 1 heterocycles. The molecule has 0 spiro atoms. The van der Waals surface area contributed by atoms with Crippen LogP contribution in [0.4, 0.5) is 0 Å². The molecule has 6 heteroatoms. The van der Waals surface area contributed by atoms with Crippen LogP contribution in [0.5, 0.6) is 5.75 Å². The third kappa shape index (κ3) is 3.53. The second kappa shape index (κ2) is 5.99. The number of carbonyl (C=O) groups excluding carboxylic acids is 1. The first-order valence-corrected chi connectivity index (χ1v) is 6.89. The maximum atomic E-state index is 11.7. The van der Waals surface area contributed by atoms with Crippen molar-refractivity contribution in [1.29, 1.82) is 0 Å². The quantitative estimate of drug-likeness (QED) is 0.932. The topological polar surface area (TPSA) is 55.6 Å². The molecule has 1 aliphatic heterocycles. The summed E-state index contributed by atoms with van der Waals surface area (Å²) in [6, 6.07) is 4.67. The van der Waals surface area contributed by atoms with E-state index in [-0.39, 0.29) is 12.0 Å². The molecule has 1 aromatic rings. The zero-order chi connectivity index (χ0) is 14.0. The van der Waals surface area contributed by atoms with Crippen LogP contribution in [0.15, 0.2) is 18.2 Å². The molecule has 0 bridgehead atoms. The minimum atomic E-state index is -0.469. The van der Waals surface area contributed by atoms with Gasteiger partial charge in [0, 0.05) is 19.0 Å². The molecular weight excluding hydrogens is 287 g/mol. The van der Waals surface area contributed by atoms with E-state index in [2.05, 4.69) is 0 Å². The molecule has 2 atom stereocenters. The average Bonchev–Trinajstić information content (AvgIpc) is 2.81. The Morgan fingerprint density at radius 2 is 2.21 bits per heavy atom. The van der Waals surface area contributed by atoms with Gasteiger partial charge in [0.15, 0.2) is 0 Å². The van der Waals surface area contributed by atoms with Gasteiger partial charge >= 0.3 is 0 Å². The van der Waals surface area contributed by atoms with Gasteiger partial charge in [-0.1, -0.05) is 23.2 Å². The normalized spacial score (nSPS) is 20.4. The minimum Gasteiger partial charge on any atom is -0.488 e. The van der Waals surface area contributed by atoms with Gasteiger partial charge in [0.25, 0.3) is 0 Å². The number of rotatable bonds is 3. The summed E-state index contributed by atoms with van der Waals surface area (Å²) in [5.74, 6) is 0.620. The number of hydrogen-bond acceptors (Lipinski definition) is 3. The molecule has 0 aromatic heterocycles. The summed E-state index contributed by atoms with van der Waals surface area (Å²) in [7, 11) is 0. The minimum absolute atomic E-state index is 0.0278. The van der Waals surface area contributed by atoms with E-state index < -0.39 is 6.04 Å². The number of nitrogens with zero attached hydrogens (tertiary/aromatic N) is 1. The molecule has 2 N–H and O–H groups in total. The van der Waals surface area contributed by atoms with Crippen molar-refractivity contribution in [2.24, 2.45) is 5.73 Å². The molecule has 1 aliphatic rings. The number of benzene rings is 1. The summed E-state index contributed by atoms with van der Waals surface area (Å²) < 4.78 is 5.79. The van der Waals surface area contributed by atoms with Crippen molar-refractivity contribution in [3.63, 3.8) is 0 Å². The average molecular weight is 303 g/mol. The fourth-order valence-corrected chi connectivity index (χ4v) is 2.34. The lowest BCUT2D eigenvalue weighted by Crippen LogP contribution is -2.41. The van der Waals surface area contributed by atoms with Gasteiger partial charge in [0.2, 0.25) is 5.91 Å². The number of halogens is 2. The largest absolute Gasteiger partial charge is 0.488 e. The summed E-state index contributed by atoms with van der Waals surface area (Å²) in [4.78, 5) is 13.5. The number of nitrogens with two attached hydrogens (primary N) is 1. The Hall–Kier alpha value is -0.970. The van der Waals surface area contributed by atoms with Crippen LogP contribution in [0.2, 0.25) is 10.0 Å². The van der Waals surface area contributed by atoms with E-state index in [9.17, 15) is 4.79 Å². The highest BCUT2D eigenvalue weighted by atomic mass is 35.5. The molecule has 1 amide bonds. The van der Waals surface area contributed by atoms with Gasteiger partial charge in [0.05, 0.1) is 22.6 Å². The van der Waals surface area contributed by atoms with Gasteiger partial charge in [-0.3, -0.25) is 4.79 Å². The van der Waals surface area contributed by atoms with Gasteiger partial charge in [-0.05, 0) is 19.1 Å². The summed E-state index contributed by atoms with van der Waals surface area (Å²) >= 11 is 11.8. The second-order valence-electron chi connectivity index (χ2n) is 4.68. The van der Waals surface area contributed by atoms with Gasteiger partial charge in [-0.25, -0.2) is 0 Å². The highest BCUT2D eigenvalue weighted by molar-refractivity contribution is 6.42. The maximum absolute atomic E-state index is 11.7. The van der Waals surface area contributed by atoms with Crippen molar-refractivity contribution in [2.45, 2.75) is 25.5 Å². The van der Waals surface area contributed by atoms with E-state index in [1.54, 1.807) is 30.0 Å². The smallest absolute Gasteiger partial charge is 0.239 e. The first kappa shape index (κ1) is 14.4. The molecule has 1 unspecified atom stereocenters. The van der Waals surface area contributed by atoms with Crippen molar-refractivity contribution in [2.75, 3.05) is 13.1 Å². The number of ether oxygens (including phenoxy) is 1. The van der Waals surface area contributed by atoms with E-state index in [1.807, 2.05) is 0 Å². The highest BCUT2D eigenvalue weighted by Gasteiger charge is 2.28. The SMILES string of the molecule is C[C@H](N)C(=O)N1CCC(Oc2ccc(Cl)c(Cl)c2)C1. The van der Waals surface area contributed by atoms with E-state index in [4.69, 9.17) is 33.7 Å². The first-order valence-electron chi connectivity index (χ1n) is 6.13. The van der Waals surface area contributed by atoms with Crippen LogP contribution in [0.3, 0.4) is 0 Å². The molecule has 0 saturated carbocycles. The Labute approximate surface area is 122 Å². The molecule has 104 valence electrons. The third-order valence-corrected chi connectivity index (χ3v) is 3.78. The van der Waals surface area contributed by atoms with Crippen LogP contribution in [0.25, 0.3) is 0 Å². The van der Waals surface area contributed by atoms with E-state index >= 15 is 0 Å². The lowest BCUT2D eigenvalue weighted by atomic mass is 10.3. The molecule has 1 aromatic carbocycles. The van der Waals surface area contributed by atoms with Crippen molar-refractivity contribution in [1.82, 2.24) is 4.90 Å². The fourth-order valence-electron chi connectivity index (χ4n) is 2.06. The molecule has 1 saturated heterocycles. The maximum Gasteiger partial charge on any atom is 0.239 e. The van der Waals surface area contributed by atoms with Crippen LogP contribution >= 0.6 is 23.2 Å². The summed E-state index contributed by atoms with van der Waals surface area (Å²) in [5, 5.41) is 0.954. The van der Waals surface area contributed by atoms with E-state index in [0.29, 0.717) is 28.9 Å². The van der Waals surface area contributed by atoms with Gasteiger partial charge in [-0.2, -0.15) is 0 Å². The molecule has 0 aliphatic carbocycles. The summed E-state index contributed by atoms with van der Waals surface area (Å²) in [5.41, 5.74) is 5.59. The second-order valence-corrected chi connectivity index (χ2v) is 5.49. The monoisotopic (exact) mass is 302 g/mol. The van der Waals surface area contributed by atoms with E-state index in [1.165, 1.54) is 0 Å². The number of amides is 1. The Kier molecular flexibility index (Phi) is 4.55. The van der Waals surface area contributed by atoms with Crippen molar-refractivity contribution in [3.8, 4) is 5.75 Å². The van der Waals surface area contributed by atoms with Crippen LogP contribution < -0.4 is 10.5 Å². The zero-order valence-electron chi connectivity index (χ0n) is 10.6. The van der Waals surface area contributed by atoms with Gasteiger partial charge in [0.1, 0.15) is 11.9 Å². The first-order chi connectivity index (χ1) is 8.97. The summed E-state index contributed by atoms with van der Waals surface area (Å²) in [6.07, 6.45) is 0.763. The fraction of sp³-hybridized carbons (Fsp3) is 0.462. The Balaban J connectivity index is 1.95. The summed E-state index contributed by atoms with van der Waals surface area (Å²) in [6.45, 7) is 2.92. The van der Waals surface area contributed by atoms with Gasteiger partial charge < -0.3 is 15.4 Å². The molecule has 19 heavy (non-hydrogen) atoms. The Bertz CT molecular complexity index is 480. The van der Waals surface area contributed by atoms with Crippen molar-refractivity contribution < 1.29 is 9.53 Å². The Morgan fingerprint density at radius 1 is 1.47 bits per heavy atom. The van der Waals surface area contributed by atoms with Crippen LogP contribution in [-0.2, 0) is 4.79 Å². The zero-order valence-corrected chi connectivity index (χ0v) is 12.1. The van der Waals surface area contributed by atoms with Gasteiger partial charge in [-0.15, -0.1) is 0 Å². The van der Waals surface area contributed by atoms with Crippen molar-refractivity contribution >= 4 is 29.1 Å². The molecule has 1 fully saturated rings. The lowest BCUT2D eigenvalue weighted by molar-refractivity contribution is -0.131. The number of hydrogen-bond donors (Lipinski definition) is 1. The number of likely N-dealkylation sites (tertiary alicyclic amines) is 1. The molecular formula is C13H16Cl2N2O2. The highest BCUT2D eigenvalue weighted by Crippen LogP contribution is 2.28. The van der Waals surface area contributed by atoms with Crippen LogP contribution in [-0.4, -0.2) is 36.0 Å². The molecule has 0 radical (unpaired) electrons. The predicted octanol–water partition coefficient (Wildman–Crippen LogP) is 2.32. The third-order valence-electron chi connectivity index (χ3n) is 3.04. The lowest BCUT2D eigenvalue weighted by Gasteiger charge is -2.19. The predicted molar refractivity (Wildman–Crippen MR) is 75.7 cm³/mol. The number of carbonyl (C=O) groups is 1. The van der Waals surface area contributed by atoms with Crippen molar-refractivity contribution in [3.05, 3.63) is 28.2 Å². The molecule has 2 rings (SSSR count). The molecule has 4 nitrogen and oxygen atoms in total. The van der Waals surface area contributed by atoms with Crippen LogP contribution in [0.1, 0.15) is 13.3 Å². The standard InChI is InChI=1S/C13H16Cl2N2O2/c1-8(16)13(18)17-5-4-10(7-17)19-9-2-3-11(14)12(15)6-9/h2-3,6,8,10H,4-5,7,16H2,1H3/t8-,10?/m0/s1.